The number of alkyl halides is 4. The highest BCUT2D eigenvalue weighted by Gasteiger charge is 2.27. The molecule has 0 unspecified atom stereocenters. The predicted octanol–water partition coefficient (Wildman–Crippen LogP) is 3.34. The number of hydrogen-bond donors (Lipinski definition) is 0. The van der Waals surface area contributed by atoms with Crippen LogP contribution in [0, 0.1) is 0 Å². The Balaban J connectivity index is 2.32. The SMILES string of the molecule is FC(F)(F)COCOc1cccc(CCl)c1. The minimum absolute atomic E-state index is 0.320. The molecule has 1 rings (SSSR count). The third kappa shape index (κ3) is 5.23. The third-order valence-electron chi connectivity index (χ3n) is 1.63. The van der Waals surface area contributed by atoms with Gasteiger partial charge in [-0.15, -0.1) is 11.6 Å². The van der Waals surface area contributed by atoms with Crippen LogP contribution in [-0.2, 0) is 10.6 Å². The first-order valence-electron chi connectivity index (χ1n) is 4.43. The molecule has 90 valence electrons. The average Bonchev–Trinajstić information content (AvgIpc) is 2.23. The molecule has 0 amide bonds. The van der Waals surface area contributed by atoms with Gasteiger partial charge < -0.3 is 9.47 Å². The molecular formula is C10H10ClF3O2. The average molecular weight is 255 g/mol. The second kappa shape index (κ2) is 5.96. The molecule has 16 heavy (non-hydrogen) atoms. The molecule has 0 N–H and O–H groups in total. The monoisotopic (exact) mass is 254 g/mol. The number of rotatable bonds is 5. The topological polar surface area (TPSA) is 18.5 Å². The summed E-state index contributed by atoms with van der Waals surface area (Å²) in [6.45, 7) is -1.76. The summed E-state index contributed by atoms with van der Waals surface area (Å²) < 4.78 is 44.4. The molecule has 1 aromatic carbocycles. The minimum Gasteiger partial charge on any atom is -0.468 e. The fraction of sp³-hybridized carbons (Fsp3) is 0.400. The number of hydrogen-bond acceptors (Lipinski definition) is 2. The lowest BCUT2D eigenvalue weighted by Crippen LogP contribution is -2.19. The fourth-order valence-corrected chi connectivity index (χ4v) is 1.15. The Labute approximate surface area is 95.9 Å². The summed E-state index contributed by atoms with van der Waals surface area (Å²) in [6, 6.07) is 6.75. The zero-order valence-electron chi connectivity index (χ0n) is 8.26. The van der Waals surface area contributed by atoms with Crippen molar-refractivity contribution in [1.82, 2.24) is 0 Å². The zero-order valence-corrected chi connectivity index (χ0v) is 9.02. The lowest BCUT2D eigenvalue weighted by atomic mass is 10.2. The van der Waals surface area contributed by atoms with Crippen molar-refractivity contribution < 1.29 is 22.6 Å². The van der Waals surface area contributed by atoms with Crippen LogP contribution >= 0.6 is 11.6 Å². The van der Waals surface area contributed by atoms with Crippen LogP contribution in [0.5, 0.6) is 5.75 Å². The van der Waals surface area contributed by atoms with Crippen LogP contribution in [0.25, 0.3) is 0 Å². The molecule has 0 spiro atoms. The number of ether oxygens (including phenoxy) is 2. The van der Waals surface area contributed by atoms with E-state index in [2.05, 4.69) is 4.74 Å². The largest absolute Gasteiger partial charge is 0.468 e. The summed E-state index contributed by atoms with van der Waals surface area (Å²) in [4.78, 5) is 0. The highest BCUT2D eigenvalue weighted by Crippen LogP contribution is 2.16. The van der Waals surface area contributed by atoms with Gasteiger partial charge in [0.05, 0.1) is 0 Å². The van der Waals surface area contributed by atoms with Gasteiger partial charge in [0.25, 0.3) is 0 Å². The smallest absolute Gasteiger partial charge is 0.411 e. The Hall–Kier alpha value is -0.940. The van der Waals surface area contributed by atoms with Crippen molar-refractivity contribution in [2.24, 2.45) is 0 Å². The highest BCUT2D eigenvalue weighted by atomic mass is 35.5. The lowest BCUT2D eigenvalue weighted by Gasteiger charge is -2.09. The molecule has 0 atom stereocenters. The van der Waals surface area contributed by atoms with Crippen molar-refractivity contribution in [1.29, 1.82) is 0 Å². The lowest BCUT2D eigenvalue weighted by molar-refractivity contribution is -0.186. The van der Waals surface area contributed by atoms with Gasteiger partial charge in [0.2, 0.25) is 0 Å². The molecular weight excluding hydrogens is 245 g/mol. The van der Waals surface area contributed by atoms with E-state index in [-0.39, 0.29) is 0 Å². The Morgan fingerprint density at radius 1 is 1.25 bits per heavy atom. The quantitative estimate of drug-likeness (QED) is 0.456. The summed E-state index contributed by atoms with van der Waals surface area (Å²) in [6.07, 6.45) is -4.33. The number of benzene rings is 1. The first-order chi connectivity index (χ1) is 7.51. The first-order valence-corrected chi connectivity index (χ1v) is 4.97. The van der Waals surface area contributed by atoms with Crippen LogP contribution in [0.3, 0.4) is 0 Å². The molecule has 0 fully saturated rings. The van der Waals surface area contributed by atoms with E-state index in [4.69, 9.17) is 16.3 Å². The van der Waals surface area contributed by atoms with E-state index in [1.165, 1.54) is 0 Å². The molecule has 0 aliphatic rings. The van der Waals surface area contributed by atoms with Crippen molar-refractivity contribution in [3.8, 4) is 5.75 Å². The standard InChI is InChI=1S/C10H10ClF3O2/c11-5-8-2-1-3-9(4-8)16-7-15-6-10(12,13)14/h1-4H,5-7H2. The van der Waals surface area contributed by atoms with E-state index in [0.717, 1.165) is 5.56 Å². The summed E-state index contributed by atoms with van der Waals surface area (Å²) in [7, 11) is 0. The summed E-state index contributed by atoms with van der Waals surface area (Å²) in [5, 5.41) is 0. The summed E-state index contributed by atoms with van der Waals surface area (Å²) in [5.41, 5.74) is 0.829. The van der Waals surface area contributed by atoms with E-state index >= 15 is 0 Å². The maximum atomic E-state index is 11.7. The molecule has 6 heteroatoms. The van der Waals surface area contributed by atoms with E-state index in [9.17, 15) is 13.2 Å². The second-order valence-electron chi connectivity index (χ2n) is 3.01. The molecule has 0 aliphatic heterocycles. The van der Waals surface area contributed by atoms with Crippen LogP contribution in [0.15, 0.2) is 24.3 Å². The van der Waals surface area contributed by atoms with Crippen LogP contribution in [0.1, 0.15) is 5.56 Å². The Bertz CT molecular complexity index is 328. The molecule has 0 aliphatic carbocycles. The fourth-order valence-electron chi connectivity index (χ4n) is 0.986. The molecule has 0 aromatic heterocycles. The maximum absolute atomic E-state index is 11.7. The van der Waals surface area contributed by atoms with Gasteiger partial charge in [-0.05, 0) is 17.7 Å². The van der Waals surface area contributed by atoms with Crippen LogP contribution in [0.4, 0.5) is 13.2 Å². The van der Waals surface area contributed by atoms with Gasteiger partial charge in [-0.3, -0.25) is 0 Å². The predicted molar refractivity (Wildman–Crippen MR) is 53.5 cm³/mol. The van der Waals surface area contributed by atoms with Gasteiger partial charge in [-0.1, -0.05) is 12.1 Å². The Morgan fingerprint density at radius 3 is 2.62 bits per heavy atom. The molecule has 1 aromatic rings. The van der Waals surface area contributed by atoms with E-state index in [1.54, 1.807) is 24.3 Å². The second-order valence-corrected chi connectivity index (χ2v) is 3.27. The minimum atomic E-state index is -4.33. The maximum Gasteiger partial charge on any atom is 0.411 e. The third-order valence-corrected chi connectivity index (χ3v) is 1.94. The molecule has 0 bridgehead atoms. The van der Waals surface area contributed by atoms with Crippen molar-refractivity contribution in [3.05, 3.63) is 29.8 Å². The Kier molecular flexibility index (Phi) is 4.89. The van der Waals surface area contributed by atoms with Crippen LogP contribution in [0.2, 0.25) is 0 Å². The van der Waals surface area contributed by atoms with Gasteiger partial charge in [0.15, 0.2) is 6.79 Å². The molecule has 0 radical (unpaired) electrons. The van der Waals surface area contributed by atoms with E-state index < -0.39 is 19.6 Å². The molecule has 2 nitrogen and oxygen atoms in total. The number of halogens is 4. The molecule has 0 saturated carbocycles. The highest BCUT2D eigenvalue weighted by molar-refractivity contribution is 6.17. The van der Waals surface area contributed by atoms with Gasteiger partial charge in [-0.2, -0.15) is 13.2 Å². The van der Waals surface area contributed by atoms with Crippen LogP contribution in [-0.4, -0.2) is 19.6 Å². The summed E-state index contributed by atoms with van der Waals surface area (Å²) in [5.74, 6) is 0.751. The van der Waals surface area contributed by atoms with Gasteiger partial charge >= 0.3 is 6.18 Å². The van der Waals surface area contributed by atoms with Gasteiger partial charge in [-0.25, -0.2) is 0 Å². The first kappa shape index (κ1) is 13.1. The van der Waals surface area contributed by atoms with Crippen molar-refractivity contribution in [3.63, 3.8) is 0 Å². The van der Waals surface area contributed by atoms with Gasteiger partial charge in [0, 0.05) is 5.88 Å². The van der Waals surface area contributed by atoms with E-state index in [1.807, 2.05) is 0 Å². The normalized spacial score (nSPS) is 11.5. The van der Waals surface area contributed by atoms with E-state index in [0.29, 0.717) is 11.6 Å². The summed E-state index contributed by atoms with van der Waals surface area (Å²) >= 11 is 5.58. The Morgan fingerprint density at radius 2 is 2.00 bits per heavy atom. The zero-order chi connectivity index (χ0) is 12.0. The van der Waals surface area contributed by atoms with Gasteiger partial charge in [0.1, 0.15) is 12.4 Å². The van der Waals surface area contributed by atoms with Crippen LogP contribution < -0.4 is 4.74 Å². The van der Waals surface area contributed by atoms with Crippen molar-refractivity contribution in [2.75, 3.05) is 13.4 Å². The van der Waals surface area contributed by atoms with Crippen molar-refractivity contribution in [2.45, 2.75) is 12.1 Å². The molecule has 0 saturated heterocycles. The van der Waals surface area contributed by atoms with Crippen molar-refractivity contribution >= 4 is 11.6 Å². The molecule has 0 heterocycles.